The van der Waals surface area contributed by atoms with Gasteiger partial charge in [-0.3, -0.25) is 0 Å². The van der Waals surface area contributed by atoms with Gasteiger partial charge in [-0.05, 0) is 98.5 Å². The van der Waals surface area contributed by atoms with Gasteiger partial charge >= 0.3 is 0 Å². The molecule has 0 bridgehead atoms. The molecule has 6 aromatic rings. The van der Waals surface area contributed by atoms with Crippen molar-refractivity contribution in [2.45, 2.75) is 18.6 Å². The van der Waals surface area contributed by atoms with E-state index in [2.05, 4.69) is 54.6 Å². The average molecular weight is 615 g/mol. The topological polar surface area (TPSA) is 82.2 Å². The van der Waals surface area contributed by atoms with E-state index < -0.39 is 0 Å². The Morgan fingerprint density at radius 3 is 1.85 bits per heavy atom. The molecule has 2 saturated heterocycles. The monoisotopic (exact) mass is 614 g/mol. The highest BCUT2D eigenvalue weighted by molar-refractivity contribution is 6.02. The summed E-state index contributed by atoms with van der Waals surface area (Å²) in [6, 6.07) is 35.0. The molecule has 2 fully saturated rings. The lowest BCUT2D eigenvalue weighted by Gasteiger charge is -2.16. The lowest BCUT2D eigenvalue weighted by atomic mass is 9.95. The van der Waals surface area contributed by atoms with Crippen molar-refractivity contribution in [3.05, 3.63) is 103 Å². The lowest BCUT2D eigenvalue weighted by molar-refractivity contribution is 0.234. The van der Waals surface area contributed by atoms with Gasteiger partial charge in [-0.1, -0.05) is 42.5 Å². The van der Waals surface area contributed by atoms with Crippen LogP contribution in [-0.2, 0) is 9.47 Å². The fraction of sp³-hybridized carbons (Fsp3) is 0.231. The first-order valence-electron chi connectivity index (χ1n) is 15.7. The van der Waals surface area contributed by atoms with Crippen molar-refractivity contribution in [1.29, 1.82) is 0 Å². The fourth-order valence-electron chi connectivity index (χ4n) is 5.68. The highest BCUT2D eigenvalue weighted by atomic mass is 16.6. The SMILES string of the molecule is OCCCOc1ccc2ccc(-c3c(OCC4CO4)ccc4ccc(Oc5ccc6ccc(OCC7CO7)cc6c5)cc34)cc2c1. The van der Waals surface area contributed by atoms with Crippen LogP contribution in [-0.4, -0.2) is 57.0 Å². The van der Waals surface area contributed by atoms with Gasteiger partial charge < -0.3 is 33.5 Å². The second-order valence-corrected chi connectivity index (χ2v) is 11.8. The van der Waals surface area contributed by atoms with Crippen LogP contribution in [0.4, 0.5) is 0 Å². The van der Waals surface area contributed by atoms with Crippen LogP contribution in [0.1, 0.15) is 6.42 Å². The first-order chi connectivity index (χ1) is 22.7. The second-order valence-electron chi connectivity index (χ2n) is 11.8. The molecule has 0 saturated carbocycles. The van der Waals surface area contributed by atoms with Crippen molar-refractivity contribution >= 4 is 32.3 Å². The zero-order valence-electron chi connectivity index (χ0n) is 25.3. The van der Waals surface area contributed by atoms with Crippen molar-refractivity contribution in [2.24, 2.45) is 0 Å². The summed E-state index contributed by atoms with van der Waals surface area (Å²) in [6.07, 6.45) is 0.934. The van der Waals surface area contributed by atoms with E-state index in [1.807, 2.05) is 48.5 Å². The van der Waals surface area contributed by atoms with Crippen LogP contribution in [0.5, 0.6) is 28.7 Å². The lowest BCUT2D eigenvalue weighted by Crippen LogP contribution is -2.05. The minimum atomic E-state index is 0.104. The van der Waals surface area contributed by atoms with Gasteiger partial charge in [0.05, 0.1) is 19.8 Å². The quantitative estimate of drug-likeness (QED) is 0.105. The molecule has 6 aromatic carbocycles. The molecule has 0 radical (unpaired) electrons. The third-order valence-electron chi connectivity index (χ3n) is 8.31. The van der Waals surface area contributed by atoms with E-state index in [9.17, 15) is 0 Å². The molecule has 0 aliphatic carbocycles. The van der Waals surface area contributed by atoms with Crippen LogP contribution in [0.2, 0.25) is 0 Å². The van der Waals surface area contributed by atoms with Gasteiger partial charge in [0.2, 0.25) is 0 Å². The van der Waals surface area contributed by atoms with Crippen molar-refractivity contribution in [3.8, 4) is 39.9 Å². The molecule has 0 amide bonds. The van der Waals surface area contributed by atoms with Crippen LogP contribution in [0.3, 0.4) is 0 Å². The second kappa shape index (κ2) is 12.5. The van der Waals surface area contributed by atoms with E-state index in [1.165, 1.54) is 0 Å². The Kier molecular flexibility index (Phi) is 7.80. The Bertz CT molecular complexity index is 2030. The summed E-state index contributed by atoms with van der Waals surface area (Å²) < 4.78 is 35.3. The number of hydrogen-bond acceptors (Lipinski definition) is 7. The average Bonchev–Trinajstić information content (AvgIpc) is 4.02. The van der Waals surface area contributed by atoms with E-state index in [-0.39, 0.29) is 18.8 Å². The van der Waals surface area contributed by atoms with Gasteiger partial charge in [0.15, 0.2) is 0 Å². The molecule has 1 N–H and O–H groups in total. The molecule has 2 heterocycles. The normalized spacial score (nSPS) is 16.9. The predicted octanol–water partition coefficient (Wildman–Crippen LogP) is 7.92. The predicted molar refractivity (Wildman–Crippen MR) is 179 cm³/mol. The highest BCUT2D eigenvalue weighted by Crippen LogP contribution is 2.41. The van der Waals surface area contributed by atoms with Gasteiger partial charge in [-0.25, -0.2) is 0 Å². The van der Waals surface area contributed by atoms with Gasteiger partial charge in [-0.15, -0.1) is 0 Å². The van der Waals surface area contributed by atoms with Gasteiger partial charge in [0.1, 0.15) is 54.2 Å². The summed E-state index contributed by atoms with van der Waals surface area (Å²) >= 11 is 0. The van der Waals surface area contributed by atoms with Gasteiger partial charge in [0.25, 0.3) is 0 Å². The minimum absolute atomic E-state index is 0.104. The Labute approximate surface area is 266 Å². The molecule has 2 aliphatic heterocycles. The van der Waals surface area contributed by atoms with Crippen LogP contribution in [0.25, 0.3) is 43.4 Å². The first kappa shape index (κ1) is 28.6. The van der Waals surface area contributed by atoms with Crippen molar-refractivity contribution in [3.63, 3.8) is 0 Å². The largest absolute Gasteiger partial charge is 0.493 e. The maximum atomic E-state index is 9.15. The van der Waals surface area contributed by atoms with E-state index >= 15 is 0 Å². The summed E-state index contributed by atoms with van der Waals surface area (Å²) in [7, 11) is 0. The number of epoxide rings is 2. The molecule has 2 aliphatic rings. The van der Waals surface area contributed by atoms with Crippen LogP contribution in [0, 0.1) is 0 Å². The molecule has 2 atom stereocenters. The number of ether oxygens (including phenoxy) is 6. The van der Waals surface area contributed by atoms with E-state index in [1.54, 1.807) is 0 Å². The summed E-state index contributed by atoms with van der Waals surface area (Å²) in [4.78, 5) is 0. The molecule has 0 spiro atoms. The van der Waals surface area contributed by atoms with Crippen LogP contribution in [0.15, 0.2) is 103 Å². The first-order valence-corrected chi connectivity index (χ1v) is 15.7. The Balaban J connectivity index is 1.14. The van der Waals surface area contributed by atoms with E-state index in [0.717, 1.165) is 85.4 Å². The summed E-state index contributed by atoms with van der Waals surface area (Å²) in [5, 5.41) is 15.6. The summed E-state index contributed by atoms with van der Waals surface area (Å²) in [6.45, 7) is 3.14. The van der Waals surface area contributed by atoms with Crippen molar-refractivity contribution in [2.75, 3.05) is 39.6 Å². The maximum Gasteiger partial charge on any atom is 0.128 e. The van der Waals surface area contributed by atoms with Crippen LogP contribution < -0.4 is 18.9 Å². The standard InChI is InChI=1S/C39H34O7/c40-14-1-15-41-31-9-4-25-2-3-28(16-29(25)17-31)39-37-20-34(12-7-27(37)8-13-38(39)45-24-36-23-44-36)46-33-11-6-26-5-10-32(18-30(26)19-33)42-21-35-22-43-35/h2-13,16-20,35-36,40H,1,14-15,21-24H2. The molecule has 232 valence electrons. The molecular weight excluding hydrogens is 580 g/mol. The molecule has 46 heavy (non-hydrogen) atoms. The molecule has 7 nitrogen and oxygen atoms in total. The van der Waals surface area contributed by atoms with Crippen LogP contribution >= 0.6 is 0 Å². The van der Waals surface area contributed by atoms with E-state index in [4.69, 9.17) is 33.5 Å². The fourth-order valence-corrected chi connectivity index (χ4v) is 5.68. The number of fused-ring (bicyclic) bond motifs is 3. The minimum Gasteiger partial charge on any atom is -0.493 e. The molecule has 0 aromatic heterocycles. The van der Waals surface area contributed by atoms with Gasteiger partial charge in [0, 0.05) is 18.6 Å². The third-order valence-corrected chi connectivity index (χ3v) is 8.31. The third kappa shape index (κ3) is 6.44. The molecule has 2 unspecified atom stereocenters. The van der Waals surface area contributed by atoms with E-state index in [0.29, 0.717) is 26.2 Å². The zero-order chi connectivity index (χ0) is 30.9. The number of rotatable bonds is 13. The number of hydrogen-bond donors (Lipinski definition) is 1. The number of aliphatic hydroxyl groups excluding tert-OH is 1. The molecular formula is C39H34O7. The molecule has 8 rings (SSSR count). The highest BCUT2D eigenvalue weighted by Gasteiger charge is 2.25. The Morgan fingerprint density at radius 2 is 1.13 bits per heavy atom. The van der Waals surface area contributed by atoms with Crippen molar-refractivity contribution in [1.82, 2.24) is 0 Å². The van der Waals surface area contributed by atoms with Gasteiger partial charge in [-0.2, -0.15) is 0 Å². The van der Waals surface area contributed by atoms with Crippen molar-refractivity contribution < 1.29 is 33.5 Å². The summed E-state index contributed by atoms with van der Waals surface area (Å²) in [5.74, 6) is 3.87. The Hall–Kier alpha value is -4.82. The smallest absolute Gasteiger partial charge is 0.128 e. The Morgan fingerprint density at radius 1 is 0.565 bits per heavy atom. The number of aliphatic hydroxyl groups is 1. The maximum absolute atomic E-state index is 9.15. The zero-order valence-corrected chi connectivity index (χ0v) is 25.3. The molecule has 7 heteroatoms. The summed E-state index contributed by atoms with van der Waals surface area (Å²) in [5.41, 5.74) is 2.03. The number of benzene rings is 6.